The van der Waals surface area contributed by atoms with Crippen molar-refractivity contribution in [3.05, 3.63) is 88.7 Å². The molecule has 152 valence electrons. The summed E-state index contributed by atoms with van der Waals surface area (Å²) in [4.78, 5) is 0. The van der Waals surface area contributed by atoms with Crippen LogP contribution in [0.15, 0.2) is 71.9 Å². The molecule has 1 heterocycles. The molecule has 1 aromatic heterocycles. The lowest BCUT2D eigenvalue weighted by molar-refractivity contribution is 0.414. The molecule has 0 fully saturated rings. The van der Waals surface area contributed by atoms with E-state index in [9.17, 15) is 4.39 Å². The predicted octanol–water partition coefficient (Wildman–Crippen LogP) is 6.34. The highest BCUT2D eigenvalue weighted by molar-refractivity contribution is 7.98. The second-order valence-corrected chi connectivity index (χ2v) is 7.99. The predicted molar refractivity (Wildman–Crippen MR) is 119 cm³/mol. The second-order valence-electron chi connectivity index (χ2n) is 6.64. The summed E-state index contributed by atoms with van der Waals surface area (Å²) in [7, 11) is 1.63. The number of aryl methyl sites for hydroxylation is 1. The second kappa shape index (κ2) is 8.90. The number of thioether (sulfide) groups is 1. The zero-order valence-electron chi connectivity index (χ0n) is 16.5. The summed E-state index contributed by atoms with van der Waals surface area (Å²) in [6.45, 7) is 2.04. The van der Waals surface area contributed by atoms with E-state index in [0.717, 1.165) is 28.4 Å². The van der Waals surface area contributed by atoms with Crippen LogP contribution in [-0.2, 0) is 5.75 Å². The lowest BCUT2D eigenvalue weighted by atomic mass is 10.1. The van der Waals surface area contributed by atoms with Gasteiger partial charge >= 0.3 is 0 Å². The molecule has 0 amide bonds. The standard InChI is InChI=1S/C23H19ClFN3OS/c1-15-6-3-4-7-18(15)22-26-27-23(28(22)16-10-12-17(29-2)13-11-16)30-14-19-20(24)8-5-9-21(19)25/h3-13H,14H2,1-2H3. The Bertz CT molecular complexity index is 1160. The van der Waals surface area contributed by atoms with Gasteiger partial charge in [-0.15, -0.1) is 10.2 Å². The Morgan fingerprint density at radius 2 is 1.77 bits per heavy atom. The van der Waals surface area contributed by atoms with Crippen molar-refractivity contribution in [1.82, 2.24) is 14.8 Å². The maximum atomic E-state index is 14.2. The van der Waals surface area contributed by atoms with Crippen LogP contribution in [0.2, 0.25) is 5.02 Å². The molecule has 0 aliphatic rings. The molecule has 0 bridgehead atoms. The Kier molecular flexibility index (Phi) is 6.06. The smallest absolute Gasteiger partial charge is 0.196 e. The number of nitrogens with zero attached hydrogens (tertiary/aromatic N) is 3. The molecule has 7 heteroatoms. The molecule has 0 aliphatic carbocycles. The summed E-state index contributed by atoms with van der Waals surface area (Å²) >= 11 is 7.59. The van der Waals surface area contributed by atoms with Gasteiger partial charge in [-0.1, -0.05) is 53.7 Å². The highest BCUT2D eigenvalue weighted by Crippen LogP contribution is 2.33. The van der Waals surface area contributed by atoms with E-state index >= 15 is 0 Å². The lowest BCUT2D eigenvalue weighted by Gasteiger charge is -2.12. The van der Waals surface area contributed by atoms with Crippen molar-refractivity contribution in [3.8, 4) is 22.8 Å². The first-order chi connectivity index (χ1) is 14.6. The third-order valence-electron chi connectivity index (χ3n) is 4.76. The fourth-order valence-electron chi connectivity index (χ4n) is 3.13. The van der Waals surface area contributed by atoms with Crippen molar-refractivity contribution in [2.24, 2.45) is 0 Å². The minimum absolute atomic E-state index is 0.329. The molecule has 4 nitrogen and oxygen atoms in total. The Hall–Kier alpha value is -2.83. The van der Waals surface area contributed by atoms with Gasteiger partial charge in [0.15, 0.2) is 11.0 Å². The summed E-state index contributed by atoms with van der Waals surface area (Å²) in [6.07, 6.45) is 0. The fourth-order valence-corrected chi connectivity index (χ4v) is 4.43. The van der Waals surface area contributed by atoms with Gasteiger partial charge in [-0.3, -0.25) is 4.57 Å². The minimum atomic E-state index is -0.329. The van der Waals surface area contributed by atoms with Crippen LogP contribution in [-0.4, -0.2) is 21.9 Å². The molecular formula is C23H19ClFN3OS. The van der Waals surface area contributed by atoms with Crippen LogP contribution in [0.5, 0.6) is 5.75 Å². The number of benzene rings is 3. The van der Waals surface area contributed by atoms with Crippen molar-refractivity contribution in [3.63, 3.8) is 0 Å². The summed E-state index contributed by atoms with van der Waals surface area (Å²) in [6, 6.07) is 20.4. The number of hydrogen-bond acceptors (Lipinski definition) is 4. The molecular weight excluding hydrogens is 421 g/mol. The van der Waals surface area contributed by atoms with Gasteiger partial charge in [0, 0.05) is 27.6 Å². The number of aromatic nitrogens is 3. The van der Waals surface area contributed by atoms with Gasteiger partial charge in [-0.2, -0.15) is 0 Å². The molecule has 4 aromatic rings. The first kappa shape index (κ1) is 20.4. The average Bonchev–Trinajstić information content (AvgIpc) is 3.17. The maximum absolute atomic E-state index is 14.2. The van der Waals surface area contributed by atoms with Gasteiger partial charge in [-0.25, -0.2) is 4.39 Å². The van der Waals surface area contributed by atoms with E-state index in [1.165, 1.54) is 17.8 Å². The van der Waals surface area contributed by atoms with Gasteiger partial charge in [0.05, 0.1) is 7.11 Å². The molecule has 0 N–H and O–H groups in total. The van der Waals surface area contributed by atoms with Crippen LogP contribution in [0.1, 0.15) is 11.1 Å². The normalized spacial score (nSPS) is 10.9. The van der Waals surface area contributed by atoms with E-state index in [1.807, 2.05) is 60.0 Å². The zero-order valence-corrected chi connectivity index (χ0v) is 18.0. The van der Waals surface area contributed by atoms with E-state index < -0.39 is 0 Å². The molecule has 0 spiro atoms. The van der Waals surface area contributed by atoms with Crippen LogP contribution in [0.4, 0.5) is 4.39 Å². The summed E-state index contributed by atoms with van der Waals surface area (Å²) in [5.41, 5.74) is 3.41. The Morgan fingerprint density at radius 1 is 1.00 bits per heavy atom. The molecule has 3 aromatic carbocycles. The molecule has 0 radical (unpaired) electrons. The molecule has 0 unspecified atom stereocenters. The molecule has 0 saturated heterocycles. The van der Waals surface area contributed by atoms with E-state index in [-0.39, 0.29) is 5.82 Å². The maximum Gasteiger partial charge on any atom is 0.196 e. The Morgan fingerprint density at radius 3 is 2.47 bits per heavy atom. The van der Waals surface area contributed by atoms with Crippen LogP contribution in [0.25, 0.3) is 17.1 Å². The van der Waals surface area contributed by atoms with E-state index in [2.05, 4.69) is 10.2 Å². The van der Waals surface area contributed by atoms with Gasteiger partial charge in [-0.05, 0) is 48.9 Å². The van der Waals surface area contributed by atoms with Gasteiger partial charge in [0.1, 0.15) is 11.6 Å². The summed E-state index contributed by atoms with van der Waals surface area (Å²) in [5, 5.41) is 9.91. The van der Waals surface area contributed by atoms with Crippen LogP contribution >= 0.6 is 23.4 Å². The first-order valence-electron chi connectivity index (χ1n) is 9.30. The van der Waals surface area contributed by atoms with Crippen molar-refractivity contribution in [1.29, 1.82) is 0 Å². The monoisotopic (exact) mass is 439 g/mol. The highest BCUT2D eigenvalue weighted by atomic mass is 35.5. The number of rotatable bonds is 6. The molecule has 0 saturated carbocycles. The highest BCUT2D eigenvalue weighted by Gasteiger charge is 2.18. The number of methoxy groups -OCH3 is 1. The number of halogens is 2. The van der Waals surface area contributed by atoms with Crippen molar-refractivity contribution in [2.45, 2.75) is 17.8 Å². The topological polar surface area (TPSA) is 39.9 Å². The molecule has 30 heavy (non-hydrogen) atoms. The molecule has 4 rings (SSSR count). The van der Waals surface area contributed by atoms with Crippen LogP contribution in [0, 0.1) is 12.7 Å². The van der Waals surface area contributed by atoms with Gasteiger partial charge in [0.2, 0.25) is 0 Å². The average molecular weight is 440 g/mol. The third kappa shape index (κ3) is 4.06. The number of hydrogen-bond donors (Lipinski definition) is 0. The number of ether oxygens (including phenoxy) is 1. The van der Waals surface area contributed by atoms with Gasteiger partial charge in [0.25, 0.3) is 0 Å². The third-order valence-corrected chi connectivity index (χ3v) is 6.07. The van der Waals surface area contributed by atoms with E-state index in [0.29, 0.717) is 21.5 Å². The van der Waals surface area contributed by atoms with E-state index in [4.69, 9.17) is 16.3 Å². The fraction of sp³-hybridized carbons (Fsp3) is 0.130. The van der Waals surface area contributed by atoms with Gasteiger partial charge < -0.3 is 4.74 Å². The summed E-state index contributed by atoms with van der Waals surface area (Å²) in [5.74, 6) is 1.50. The lowest BCUT2D eigenvalue weighted by Crippen LogP contribution is -2.01. The Balaban J connectivity index is 1.77. The molecule has 0 aliphatic heterocycles. The van der Waals surface area contributed by atoms with Crippen molar-refractivity contribution < 1.29 is 9.13 Å². The minimum Gasteiger partial charge on any atom is -0.497 e. The summed E-state index contributed by atoms with van der Waals surface area (Å²) < 4.78 is 21.5. The van der Waals surface area contributed by atoms with Crippen molar-refractivity contribution >= 4 is 23.4 Å². The quantitative estimate of drug-likeness (QED) is 0.329. The zero-order chi connectivity index (χ0) is 21.1. The molecule has 0 atom stereocenters. The van der Waals surface area contributed by atoms with Crippen molar-refractivity contribution in [2.75, 3.05) is 7.11 Å². The Labute approximate surface area is 183 Å². The van der Waals surface area contributed by atoms with E-state index in [1.54, 1.807) is 19.2 Å². The van der Waals surface area contributed by atoms with Crippen LogP contribution < -0.4 is 4.74 Å². The first-order valence-corrected chi connectivity index (χ1v) is 10.7. The SMILES string of the molecule is COc1ccc(-n2c(SCc3c(F)cccc3Cl)nnc2-c2ccccc2C)cc1. The van der Waals surface area contributed by atoms with Crippen LogP contribution in [0.3, 0.4) is 0 Å². The largest absolute Gasteiger partial charge is 0.497 e.